The Hall–Kier alpha value is -5.89. The van der Waals surface area contributed by atoms with Crippen LogP contribution in [0.3, 0.4) is 0 Å². The van der Waals surface area contributed by atoms with Crippen LogP contribution in [0.4, 0.5) is 22.7 Å². The van der Waals surface area contributed by atoms with Crippen molar-refractivity contribution in [2.75, 3.05) is 0 Å². The number of nitrogens with zero attached hydrogens (tertiary/aromatic N) is 4. The van der Waals surface area contributed by atoms with E-state index in [-0.39, 0.29) is 5.56 Å². The van der Waals surface area contributed by atoms with Crippen molar-refractivity contribution in [3.05, 3.63) is 95.1 Å². The fourth-order valence-corrected chi connectivity index (χ4v) is 4.82. The summed E-state index contributed by atoms with van der Waals surface area (Å²) in [6, 6.07) is 12.8. The van der Waals surface area contributed by atoms with Gasteiger partial charge in [0.2, 0.25) is 0 Å². The van der Waals surface area contributed by atoms with Crippen LogP contribution >= 0.6 is 0 Å². The molecule has 0 heterocycles. The lowest BCUT2D eigenvalue weighted by atomic mass is 10.0. The van der Waals surface area contributed by atoms with Gasteiger partial charge in [0.1, 0.15) is 17.1 Å². The van der Waals surface area contributed by atoms with Gasteiger partial charge in [0, 0.05) is 5.56 Å². The van der Waals surface area contributed by atoms with Crippen molar-refractivity contribution in [1.29, 1.82) is 0 Å². The third-order valence-corrected chi connectivity index (χ3v) is 7.72. The molecular weight excluding hydrogens is 652 g/mol. The Morgan fingerprint density at radius 2 is 1.00 bits per heavy atom. The fraction of sp³-hybridized carbons (Fsp3) is 0. The van der Waals surface area contributed by atoms with Gasteiger partial charge in [0.15, 0.2) is 23.0 Å². The van der Waals surface area contributed by atoms with Crippen LogP contribution in [-0.2, 0) is 20.2 Å². The molecule has 0 aromatic heterocycles. The highest BCUT2D eigenvalue weighted by Gasteiger charge is 2.24. The molecule has 46 heavy (non-hydrogen) atoms. The largest absolute Gasteiger partial charge is 0.505 e. The lowest BCUT2D eigenvalue weighted by molar-refractivity contribution is 0.0686. The van der Waals surface area contributed by atoms with Gasteiger partial charge in [-0.15, -0.1) is 20.5 Å². The van der Waals surface area contributed by atoms with Crippen LogP contribution in [0.25, 0.3) is 0 Å². The van der Waals surface area contributed by atoms with Crippen LogP contribution < -0.4 is 0 Å². The number of ketones is 1. The second kappa shape index (κ2) is 12.6. The number of hydrogen-bond donors (Lipinski definition) is 6. The van der Waals surface area contributed by atoms with E-state index in [9.17, 15) is 60.8 Å². The minimum absolute atomic E-state index is 0.0530. The first-order chi connectivity index (χ1) is 21.5. The van der Waals surface area contributed by atoms with E-state index in [1.807, 2.05) is 0 Å². The van der Waals surface area contributed by atoms with Crippen LogP contribution in [0.1, 0.15) is 36.6 Å². The molecule has 4 rings (SSSR count). The summed E-state index contributed by atoms with van der Waals surface area (Å²) < 4.78 is 64.3. The van der Waals surface area contributed by atoms with Crippen molar-refractivity contribution in [2.24, 2.45) is 20.5 Å². The van der Waals surface area contributed by atoms with Gasteiger partial charge in [-0.25, -0.2) is 9.59 Å². The molecule has 19 heteroatoms. The zero-order valence-corrected chi connectivity index (χ0v) is 24.2. The lowest BCUT2D eigenvalue weighted by Crippen LogP contribution is -2.03. The minimum Gasteiger partial charge on any atom is -0.505 e. The average molecular weight is 671 g/mol. The number of aromatic carboxylic acids is 2. The van der Waals surface area contributed by atoms with Gasteiger partial charge in [0.25, 0.3) is 20.2 Å². The summed E-state index contributed by atoms with van der Waals surface area (Å²) in [5.41, 5.74) is -4.36. The van der Waals surface area contributed by atoms with Crippen LogP contribution in [-0.4, -0.2) is 64.1 Å². The van der Waals surface area contributed by atoms with Crippen molar-refractivity contribution in [1.82, 2.24) is 0 Å². The second-order valence-corrected chi connectivity index (χ2v) is 11.8. The molecule has 4 aromatic rings. The Bertz CT molecular complexity index is 2200. The van der Waals surface area contributed by atoms with E-state index in [0.717, 1.165) is 30.3 Å². The molecule has 0 atom stereocenters. The molecule has 0 spiro atoms. The van der Waals surface area contributed by atoms with E-state index in [0.29, 0.717) is 12.1 Å². The van der Waals surface area contributed by atoms with Crippen LogP contribution in [0.2, 0.25) is 0 Å². The summed E-state index contributed by atoms with van der Waals surface area (Å²) in [5, 5.41) is 55.6. The molecule has 17 nitrogen and oxygen atoms in total. The van der Waals surface area contributed by atoms with E-state index in [4.69, 9.17) is 0 Å². The maximum atomic E-state index is 13.3. The van der Waals surface area contributed by atoms with E-state index in [1.54, 1.807) is 6.07 Å². The molecule has 0 saturated heterocycles. The quantitative estimate of drug-likeness (QED) is 0.0732. The number of aromatic hydroxyl groups is 2. The van der Waals surface area contributed by atoms with Crippen molar-refractivity contribution in [3.63, 3.8) is 0 Å². The topological polar surface area (TPSA) is 290 Å². The first kappa shape index (κ1) is 33.0. The first-order valence-electron chi connectivity index (χ1n) is 12.2. The van der Waals surface area contributed by atoms with Crippen LogP contribution in [0.5, 0.6) is 11.5 Å². The highest BCUT2D eigenvalue weighted by Crippen LogP contribution is 2.47. The molecule has 0 unspecified atom stereocenters. The predicted molar refractivity (Wildman–Crippen MR) is 154 cm³/mol. The Morgan fingerprint density at radius 3 is 1.46 bits per heavy atom. The standard InChI is InChI=1S/C27H18N4O13S2/c32-23(13-4-2-1-3-5-13)18-12-21(30-28-19-8-6-14(45(39,40)41)10-16(19)26(35)36)25(34)22(24(18)33)31-29-20-9-7-15(46(42,43)44)11-17(20)27(37)38/h1-12,33-34H,(H,35,36)(H,37,38)(H,39,40,41)(H,42,43,44)/b30-28+,31-29+. The number of carboxylic acids is 2. The molecule has 0 aliphatic carbocycles. The van der Waals surface area contributed by atoms with Crippen molar-refractivity contribution < 1.29 is 60.8 Å². The van der Waals surface area contributed by atoms with Gasteiger partial charge in [-0.2, -0.15) is 16.8 Å². The number of phenols is 2. The third kappa shape index (κ3) is 7.08. The molecule has 0 saturated carbocycles. The van der Waals surface area contributed by atoms with Crippen LogP contribution in [0, 0.1) is 0 Å². The molecule has 236 valence electrons. The molecule has 0 radical (unpaired) electrons. The van der Waals surface area contributed by atoms with E-state index < -0.39 is 98.7 Å². The summed E-state index contributed by atoms with van der Waals surface area (Å²) in [6.07, 6.45) is 0. The van der Waals surface area contributed by atoms with Gasteiger partial charge in [-0.3, -0.25) is 13.9 Å². The Kier molecular flexibility index (Phi) is 9.05. The second-order valence-electron chi connectivity index (χ2n) is 9.00. The SMILES string of the molecule is O=C(O)c1cc(S(=O)(=O)O)ccc1/N=N/c1cc(C(=O)c2ccccc2)c(O)c(/N=N/c2ccc(S(=O)(=O)O)cc2C(=O)O)c1O. The molecule has 0 amide bonds. The first-order valence-corrected chi connectivity index (χ1v) is 15.1. The Labute approximate surface area is 258 Å². The van der Waals surface area contributed by atoms with Crippen molar-refractivity contribution >= 4 is 60.7 Å². The summed E-state index contributed by atoms with van der Waals surface area (Å²) in [5.74, 6) is -6.13. The van der Waals surface area contributed by atoms with E-state index >= 15 is 0 Å². The van der Waals surface area contributed by atoms with E-state index in [1.165, 1.54) is 24.3 Å². The maximum Gasteiger partial charge on any atom is 0.338 e. The molecule has 6 N–H and O–H groups in total. The predicted octanol–water partition coefficient (Wildman–Crippen LogP) is 5.05. The summed E-state index contributed by atoms with van der Waals surface area (Å²) in [7, 11) is -9.60. The molecule has 4 aromatic carbocycles. The smallest absolute Gasteiger partial charge is 0.338 e. The van der Waals surface area contributed by atoms with Gasteiger partial charge in [-0.05, 0) is 42.5 Å². The highest BCUT2D eigenvalue weighted by atomic mass is 32.2. The van der Waals surface area contributed by atoms with E-state index in [2.05, 4.69) is 20.5 Å². The summed E-state index contributed by atoms with van der Waals surface area (Å²) in [6.45, 7) is 0. The Morgan fingerprint density at radius 1 is 0.543 bits per heavy atom. The number of azo groups is 2. The summed E-state index contributed by atoms with van der Waals surface area (Å²) in [4.78, 5) is 35.2. The molecule has 0 aliphatic rings. The summed E-state index contributed by atoms with van der Waals surface area (Å²) >= 11 is 0. The monoisotopic (exact) mass is 670 g/mol. The number of hydrogen-bond acceptors (Lipinski definition) is 13. The fourth-order valence-electron chi connectivity index (χ4n) is 3.80. The van der Waals surface area contributed by atoms with Crippen LogP contribution in [0.15, 0.2) is 103 Å². The average Bonchev–Trinajstić information content (AvgIpc) is 2.99. The zero-order chi connectivity index (χ0) is 34.0. The minimum atomic E-state index is -4.81. The zero-order valence-electron chi connectivity index (χ0n) is 22.6. The maximum absolute atomic E-state index is 13.3. The molecular formula is C27H18N4O13S2. The van der Waals surface area contributed by atoms with Gasteiger partial charge in [0.05, 0.1) is 26.5 Å². The van der Waals surface area contributed by atoms with Gasteiger partial charge < -0.3 is 20.4 Å². The van der Waals surface area contributed by atoms with Gasteiger partial charge in [-0.1, -0.05) is 30.3 Å². The third-order valence-electron chi connectivity index (χ3n) is 6.02. The normalized spacial score (nSPS) is 12.0. The number of carbonyl (C=O) groups is 3. The Balaban J connectivity index is 1.91. The number of rotatable bonds is 10. The molecule has 0 bridgehead atoms. The highest BCUT2D eigenvalue weighted by molar-refractivity contribution is 7.86. The van der Waals surface area contributed by atoms with Crippen molar-refractivity contribution in [3.8, 4) is 11.5 Å². The molecule has 0 aliphatic heterocycles. The van der Waals surface area contributed by atoms with Crippen molar-refractivity contribution in [2.45, 2.75) is 9.79 Å². The number of carbonyl (C=O) groups excluding carboxylic acids is 1. The number of carboxylic acid groups (broad SMARTS) is 2. The van der Waals surface area contributed by atoms with Gasteiger partial charge >= 0.3 is 11.9 Å². The lowest BCUT2D eigenvalue weighted by Gasteiger charge is -2.10. The molecule has 0 fully saturated rings. The number of benzene rings is 4. The number of phenolic OH excluding ortho intramolecular Hbond substituents is 2.